The molecule has 0 unspecified atom stereocenters. The molecule has 1 fully saturated rings. The molecule has 1 aliphatic rings. The summed E-state index contributed by atoms with van der Waals surface area (Å²) >= 11 is 0. The van der Waals surface area contributed by atoms with Crippen LogP contribution in [0.5, 0.6) is 5.75 Å². The van der Waals surface area contributed by atoms with E-state index in [2.05, 4.69) is 15.5 Å². The largest absolute Gasteiger partial charge is 0.497 e. The van der Waals surface area contributed by atoms with Gasteiger partial charge in [-0.25, -0.2) is 0 Å². The summed E-state index contributed by atoms with van der Waals surface area (Å²) in [6.07, 6.45) is 1.58. The van der Waals surface area contributed by atoms with Crippen molar-refractivity contribution in [2.75, 3.05) is 32.1 Å². The first-order chi connectivity index (χ1) is 15.0. The Morgan fingerprint density at radius 1 is 1.13 bits per heavy atom. The monoisotopic (exact) mass is 421 g/mol. The van der Waals surface area contributed by atoms with Crippen molar-refractivity contribution in [3.63, 3.8) is 0 Å². The lowest BCUT2D eigenvalue weighted by atomic mass is 10.0. The number of benzene rings is 2. The highest BCUT2D eigenvalue weighted by Gasteiger charge is 2.25. The van der Waals surface area contributed by atoms with Gasteiger partial charge in [-0.1, -0.05) is 18.2 Å². The Morgan fingerprint density at radius 3 is 2.58 bits per heavy atom. The normalized spacial score (nSPS) is 15.0. The minimum atomic E-state index is -0.201. The summed E-state index contributed by atoms with van der Waals surface area (Å²) in [4.78, 5) is 27.2. The van der Waals surface area contributed by atoms with Crippen molar-refractivity contribution in [3.05, 3.63) is 59.9 Å². The number of aryl methyl sites for hydroxylation is 1. The average Bonchev–Trinajstić information content (AvgIpc) is 3.11. The van der Waals surface area contributed by atoms with Crippen LogP contribution in [0.2, 0.25) is 0 Å². The number of carbonyl (C=O) groups excluding carboxylic acids is 2. The zero-order chi connectivity index (χ0) is 21.8. The lowest BCUT2D eigenvalue weighted by Crippen LogP contribution is -2.46. The van der Waals surface area contributed by atoms with Crippen LogP contribution in [-0.4, -0.2) is 49.5 Å². The Morgan fingerprint density at radius 2 is 1.87 bits per heavy atom. The van der Waals surface area contributed by atoms with Gasteiger partial charge in [0.05, 0.1) is 13.7 Å². The quantitative estimate of drug-likeness (QED) is 0.636. The van der Waals surface area contributed by atoms with Crippen molar-refractivity contribution >= 4 is 28.5 Å². The number of hydrogen-bond acceptors (Lipinski definition) is 5. The van der Waals surface area contributed by atoms with Crippen molar-refractivity contribution in [1.29, 1.82) is 0 Å². The first-order valence-corrected chi connectivity index (χ1v) is 10.5. The smallest absolute Gasteiger partial charge is 0.287 e. The second-order valence-corrected chi connectivity index (χ2v) is 7.86. The Bertz CT molecular complexity index is 1070. The number of ether oxygens (including phenoxy) is 1. The molecule has 0 saturated carbocycles. The number of methoxy groups -OCH3 is 1. The van der Waals surface area contributed by atoms with E-state index in [9.17, 15) is 9.59 Å². The van der Waals surface area contributed by atoms with Gasteiger partial charge in [-0.15, -0.1) is 0 Å². The lowest BCUT2D eigenvalue weighted by Gasteiger charge is -2.31. The van der Waals surface area contributed by atoms with Crippen molar-refractivity contribution in [2.45, 2.75) is 25.8 Å². The molecule has 1 aliphatic heterocycles. The van der Waals surface area contributed by atoms with Crippen LogP contribution in [0.15, 0.2) is 52.9 Å². The van der Waals surface area contributed by atoms with Crippen LogP contribution in [0.4, 0.5) is 5.69 Å². The minimum Gasteiger partial charge on any atom is -0.497 e. The molecule has 31 heavy (non-hydrogen) atoms. The van der Waals surface area contributed by atoms with Crippen LogP contribution in [-0.2, 0) is 4.79 Å². The number of carbonyl (C=O) groups is 2. The summed E-state index contributed by atoms with van der Waals surface area (Å²) in [5.41, 5.74) is 2.28. The number of likely N-dealkylation sites (tertiary alicyclic amines) is 1. The van der Waals surface area contributed by atoms with Gasteiger partial charge >= 0.3 is 0 Å². The first-order valence-electron chi connectivity index (χ1n) is 10.5. The number of hydrogen-bond donors (Lipinski definition) is 2. The van der Waals surface area contributed by atoms with Gasteiger partial charge in [0.15, 0.2) is 5.76 Å². The number of rotatable bonds is 6. The van der Waals surface area contributed by atoms with Gasteiger partial charge in [-0.2, -0.15) is 0 Å². The maximum Gasteiger partial charge on any atom is 0.287 e. The van der Waals surface area contributed by atoms with Gasteiger partial charge in [0.25, 0.3) is 5.91 Å². The van der Waals surface area contributed by atoms with E-state index >= 15 is 0 Å². The van der Waals surface area contributed by atoms with Crippen LogP contribution in [0.1, 0.15) is 29.0 Å². The molecular formula is C24H27N3O4. The molecule has 0 spiro atoms. The maximum absolute atomic E-state index is 12.8. The molecule has 1 saturated heterocycles. The van der Waals surface area contributed by atoms with Crippen LogP contribution in [0.25, 0.3) is 11.0 Å². The predicted octanol–water partition coefficient (Wildman–Crippen LogP) is 3.58. The van der Waals surface area contributed by atoms with E-state index in [1.54, 1.807) is 7.11 Å². The summed E-state index contributed by atoms with van der Waals surface area (Å²) in [6.45, 7) is 3.74. The van der Waals surface area contributed by atoms with Crippen LogP contribution < -0.4 is 15.4 Å². The third kappa shape index (κ3) is 4.88. The number of amides is 2. The van der Waals surface area contributed by atoms with E-state index in [4.69, 9.17) is 9.15 Å². The summed E-state index contributed by atoms with van der Waals surface area (Å²) in [7, 11) is 1.61. The number of nitrogens with zero attached hydrogens (tertiary/aromatic N) is 1. The van der Waals surface area contributed by atoms with E-state index < -0.39 is 0 Å². The van der Waals surface area contributed by atoms with Gasteiger partial charge in [0, 0.05) is 35.8 Å². The predicted molar refractivity (Wildman–Crippen MR) is 120 cm³/mol. The number of fused-ring (bicyclic) bond motifs is 1. The Hall–Kier alpha value is -3.32. The molecule has 2 amide bonds. The molecular weight excluding hydrogens is 394 g/mol. The minimum absolute atomic E-state index is 0.0259. The van der Waals surface area contributed by atoms with Crippen LogP contribution in [0, 0.1) is 6.92 Å². The number of anilines is 1. The van der Waals surface area contributed by atoms with E-state index in [-0.39, 0.29) is 17.9 Å². The summed E-state index contributed by atoms with van der Waals surface area (Å²) in [5, 5.41) is 6.88. The molecule has 7 heteroatoms. The lowest BCUT2D eigenvalue weighted by molar-refractivity contribution is -0.117. The molecule has 7 nitrogen and oxygen atoms in total. The first kappa shape index (κ1) is 20.9. The number of piperidine rings is 1. The molecule has 2 heterocycles. The maximum atomic E-state index is 12.8. The van der Waals surface area contributed by atoms with Crippen molar-refractivity contribution in [3.8, 4) is 5.75 Å². The highest BCUT2D eigenvalue weighted by molar-refractivity contribution is 5.99. The third-order valence-corrected chi connectivity index (χ3v) is 5.70. The highest BCUT2D eigenvalue weighted by Crippen LogP contribution is 2.29. The molecule has 4 rings (SSSR count). The van der Waals surface area contributed by atoms with Crippen molar-refractivity contribution in [1.82, 2.24) is 10.2 Å². The van der Waals surface area contributed by atoms with Crippen LogP contribution >= 0.6 is 0 Å². The molecule has 2 N–H and O–H groups in total. The van der Waals surface area contributed by atoms with Crippen LogP contribution in [0.3, 0.4) is 0 Å². The number of para-hydroxylation sites is 1. The highest BCUT2D eigenvalue weighted by atomic mass is 16.5. The fourth-order valence-corrected chi connectivity index (χ4v) is 3.96. The second-order valence-electron chi connectivity index (χ2n) is 7.86. The fourth-order valence-electron chi connectivity index (χ4n) is 3.96. The van der Waals surface area contributed by atoms with Gasteiger partial charge in [0.1, 0.15) is 11.3 Å². The SMILES string of the molecule is COc1ccc2oc(C(=O)NC3CCN(CC(=O)Nc4ccccc4)CC3)c(C)c2c1. The molecule has 162 valence electrons. The van der Waals surface area contributed by atoms with E-state index in [0.29, 0.717) is 17.9 Å². The zero-order valence-corrected chi connectivity index (χ0v) is 17.8. The van der Waals surface area contributed by atoms with Gasteiger partial charge in [0.2, 0.25) is 5.91 Å². The Kier molecular flexibility index (Phi) is 6.23. The molecule has 0 radical (unpaired) electrons. The number of nitrogens with one attached hydrogen (secondary N) is 2. The van der Waals surface area contributed by atoms with Gasteiger partial charge < -0.3 is 19.8 Å². The Balaban J connectivity index is 1.30. The van der Waals surface area contributed by atoms with Gasteiger partial charge in [-0.05, 0) is 50.1 Å². The summed E-state index contributed by atoms with van der Waals surface area (Å²) in [6, 6.07) is 15.0. The molecule has 2 aromatic carbocycles. The second kappa shape index (κ2) is 9.22. The fraction of sp³-hybridized carbons (Fsp3) is 0.333. The van der Waals surface area contributed by atoms with Gasteiger partial charge in [-0.3, -0.25) is 14.5 Å². The van der Waals surface area contributed by atoms with E-state index in [1.807, 2.05) is 55.5 Å². The summed E-state index contributed by atoms with van der Waals surface area (Å²) < 4.78 is 11.1. The number of furan rings is 1. The third-order valence-electron chi connectivity index (χ3n) is 5.70. The van der Waals surface area contributed by atoms with E-state index in [1.165, 1.54) is 0 Å². The molecule has 0 atom stereocenters. The van der Waals surface area contributed by atoms with Crippen molar-refractivity contribution < 1.29 is 18.7 Å². The average molecular weight is 421 g/mol. The van der Waals surface area contributed by atoms with E-state index in [0.717, 1.165) is 48.3 Å². The molecule has 0 bridgehead atoms. The standard InChI is InChI=1S/C24H27N3O4/c1-16-20-14-19(30-2)8-9-21(20)31-23(16)24(29)26-18-10-12-27(13-11-18)15-22(28)25-17-6-4-3-5-7-17/h3-9,14,18H,10-13,15H2,1-2H3,(H,25,28)(H,26,29). The Labute approximate surface area is 181 Å². The molecule has 3 aromatic rings. The topological polar surface area (TPSA) is 83.8 Å². The molecule has 1 aromatic heterocycles. The molecule has 0 aliphatic carbocycles. The zero-order valence-electron chi connectivity index (χ0n) is 17.8. The van der Waals surface area contributed by atoms with Crippen molar-refractivity contribution in [2.24, 2.45) is 0 Å². The summed E-state index contributed by atoms with van der Waals surface area (Å²) in [5.74, 6) is 0.843.